The van der Waals surface area contributed by atoms with Crippen molar-refractivity contribution in [3.05, 3.63) is 65.7 Å². The second-order valence-corrected chi connectivity index (χ2v) is 6.33. The smallest absolute Gasteiger partial charge is 0.453 e. The Morgan fingerprint density at radius 2 is 1.38 bits per heavy atom. The second kappa shape index (κ2) is 10.0. The van der Waals surface area contributed by atoms with Crippen LogP contribution in [-0.2, 0) is 9.59 Å². The lowest BCUT2D eigenvalue weighted by Crippen LogP contribution is -2.37. The minimum atomic E-state index is -5.76. The van der Waals surface area contributed by atoms with E-state index in [-0.39, 0.29) is 17.1 Å². The number of hydrogen-bond acceptors (Lipinski definition) is 5. The highest BCUT2D eigenvalue weighted by Gasteiger charge is 2.57. The van der Waals surface area contributed by atoms with Gasteiger partial charge in [-0.3, -0.25) is 4.79 Å². The van der Waals surface area contributed by atoms with Gasteiger partial charge in [0.15, 0.2) is 0 Å². The van der Waals surface area contributed by atoms with Crippen LogP contribution in [0.15, 0.2) is 54.6 Å². The molecule has 0 unspecified atom stereocenters. The quantitative estimate of drug-likeness (QED) is 0.262. The number of aliphatic carboxylic acids is 1. The van der Waals surface area contributed by atoms with Crippen molar-refractivity contribution < 1.29 is 50.9 Å². The fourth-order valence-electron chi connectivity index (χ4n) is 2.22. The van der Waals surface area contributed by atoms with Crippen LogP contribution in [0.3, 0.4) is 0 Å². The summed E-state index contributed by atoms with van der Waals surface area (Å²) in [7, 11) is 0. The first-order chi connectivity index (χ1) is 14.9. The van der Waals surface area contributed by atoms with E-state index in [4.69, 9.17) is 9.84 Å². The van der Waals surface area contributed by atoms with Crippen molar-refractivity contribution in [2.24, 2.45) is 0 Å². The summed E-state index contributed by atoms with van der Waals surface area (Å²) in [6.07, 6.45) is -6.38. The molecule has 0 spiro atoms. The zero-order valence-corrected chi connectivity index (χ0v) is 16.1. The number of carboxylic acids is 1. The summed E-state index contributed by atoms with van der Waals surface area (Å²) in [5.41, 5.74) is 0.606. The molecule has 0 aliphatic heterocycles. The normalized spacial score (nSPS) is 11.9. The number of rotatable bonds is 8. The van der Waals surface area contributed by atoms with Gasteiger partial charge in [0.05, 0.1) is 12.0 Å². The molecule has 0 atom stereocenters. The highest BCUT2D eigenvalue weighted by atomic mass is 19.4. The van der Waals surface area contributed by atoms with Crippen molar-refractivity contribution in [1.82, 2.24) is 0 Å². The van der Waals surface area contributed by atoms with E-state index in [1.807, 2.05) is 0 Å². The first-order valence-electron chi connectivity index (χ1n) is 8.86. The number of halogens is 5. The summed E-state index contributed by atoms with van der Waals surface area (Å²) in [6, 6.07) is 10.6. The first kappa shape index (κ1) is 24.5. The molecule has 0 aliphatic rings. The van der Waals surface area contributed by atoms with E-state index in [1.165, 1.54) is 42.5 Å². The van der Waals surface area contributed by atoms with Gasteiger partial charge in [-0.05, 0) is 48.0 Å². The molecule has 0 fully saturated rings. The number of benzene rings is 2. The Morgan fingerprint density at radius 1 is 0.844 bits per heavy atom. The van der Waals surface area contributed by atoms with Crippen molar-refractivity contribution in [3.8, 4) is 11.5 Å². The Labute approximate surface area is 177 Å². The van der Waals surface area contributed by atoms with E-state index in [0.717, 1.165) is 18.2 Å². The van der Waals surface area contributed by atoms with Crippen molar-refractivity contribution in [2.75, 3.05) is 0 Å². The summed E-state index contributed by atoms with van der Waals surface area (Å²) in [6.45, 7) is 0. The highest BCUT2D eigenvalue weighted by molar-refractivity contribution is 5.91. The fraction of sp³-hybridized carbons (Fsp3) is 0.190. The largest absolute Gasteiger partial charge is 0.478 e. The number of hydrogen-bond donors (Lipinski definition) is 1. The number of esters is 2. The number of carbonyl (C=O) groups excluding carboxylic acids is 2. The molecule has 6 nitrogen and oxygen atoms in total. The van der Waals surface area contributed by atoms with Crippen LogP contribution in [0.25, 0.3) is 6.08 Å². The standard InChI is InChI=1S/C21H15F5O6/c22-20(23,21(24,25)26)12-11-18(29)31-15-8-4-14(5-9-15)19(30)32-16-6-1-13(2-7-16)3-10-17(27)28/h1-10H,11-12H2,(H,27,28)/b10-3+. The van der Waals surface area contributed by atoms with Gasteiger partial charge in [-0.25, -0.2) is 9.59 Å². The summed E-state index contributed by atoms with van der Waals surface area (Å²) in [5, 5.41) is 8.58. The first-order valence-corrected chi connectivity index (χ1v) is 8.86. The van der Waals surface area contributed by atoms with Crippen molar-refractivity contribution in [2.45, 2.75) is 24.9 Å². The predicted octanol–water partition coefficient (Wildman–Crippen LogP) is 4.89. The molecule has 11 heteroatoms. The van der Waals surface area contributed by atoms with E-state index >= 15 is 0 Å². The monoisotopic (exact) mass is 458 g/mol. The number of ether oxygens (including phenoxy) is 2. The summed E-state index contributed by atoms with van der Waals surface area (Å²) >= 11 is 0. The van der Waals surface area contributed by atoms with Gasteiger partial charge in [-0.2, -0.15) is 22.0 Å². The van der Waals surface area contributed by atoms with E-state index in [9.17, 15) is 36.3 Å². The molecule has 2 aromatic carbocycles. The molecule has 0 aromatic heterocycles. The lowest BCUT2D eigenvalue weighted by molar-refractivity contribution is -0.284. The molecule has 32 heavy (non-hydrogen) atoms. The van der Waals surface area contributed by atoms with Crippen LogP contribution in [-0.4, -0.2) is 35.1 Å². The minimum absolute atomic E-state index is 0.0447. The average molecular weight is 458 g/mol. The van der Waals surface area contributed by atoms with Crippen molar-refractivity contribution in [3.63, 3.8) is 0 Å². The summed E-state index contributed by atoms with van der Waals surface area (Å²) in [4.78, 5) is 34.1. The molecule has 0 amide bonds. The van der Waals surface area contributed by atoms with Gasteiger partial charge in [0.25, 0.3) is 0 Å². The molecule has 0 saturated heterocycles. The van der Waals surface area contributed by atoms with E-state index in [0.29, 0.717) is 5.56 Å². The van der Waals surface area contributed by atoms with Crippen molar-refractivity contribution in [1.29, 1.82) is 0 Å². The molecule has 0 aliphatic carbocycles. The number of carbonyl (C=O) groups is 3. The van der Waals surface area contributed by atoms with E-state index < -0.39 is 42.8 Å². The Bertz CT molecular complexity index is 995. The Balaban J connectivity index is 1.91. The molecular weight excluding hydrogens is 443 g/mol. The maximum absolute atomic E-state index is 12.8. The average Bonchev–Trinajstić information content (AvgIpc) is 2.71. The Kier molecular flexibility index (Phi) is 7.68. The molecular formula is C21H15F5O6. The van der Waals surface area contributed by atoms with Gasteiger partial charge in [0, 0.05) is 12.5 Å². The fourth-order valence-corrected chi connectivity index (χ4v) is 2.22. The molecule has 1 N–H and O–H groups in total. The highest BCUT2D eigenvalue weighted by Crippen LogP contribution is 2.38. The van der Waals surface area contributed by atoms with E-state index in [1.54, 1.807) is 0 Å². The maximum atomic E-state index is 12.8. The third-order valence-electron chi connectivity index (χ3n) is 3.89. The van der Waals surface area contributed by atoms with Crippen LogP contribution in [0.1, 0.15) is 28.8 Å². The third-order valence-corrected chi connectivity index (χ3v) is 3.89. The van der Waals surface area contributed by atoms with Crippen LogP contribution >= 0.6 is 0 Å². The van der Waals surface area contributed by atoms with Crippen LogP contribution < -0.4 is 9.47 Å². The van der Waals surface area contributed by atoms with Crippen LogP contribution in [0.4, 0.5) is 22.0 Å². The molecule has 2 aromatic rings. The Hall–Kier alpha value is -3.76. The van der Waals surface area contributed by atoms with Crippen molar-refractivity contribution >= 4 is 24.0 Å². The van der Waals surface area contributed by atoms with Gasteiger partial charge in [0.1, 0.15) is 11.5 Å². The molecule has 0 radical (unpaired) electrons. The molecule has 0 saturated carbocycles. The zero-order valence-electron chi connectivity index (χ0n) is 16.1. The predicted molar refractivity (Wildman–Crippen MR) is 100 cm³/mol. The minimum Gasteiger partial charge on any atom is -0.478 e. The summed E-state index contributed by atoms with van der Waals surface area (Å²) in [5.74, 6) is -8.18. The van der Waals surface area contributed by atoms with Crippen LogP contribution in [0.2, 0.25) is 0 Å². The van der Waals surface area contributed by atoms with Gasteiger partial charge in [0.2, 0.25) is 0 Å². The van der Waals surface area contributed by atoms with E-state index in [2.05, 4.69) is 4.74 Å². The SMILES string of the molecule is O=C(O)/C=C/c1ccc(OC(=O)c2ccc(OC(=O)CCC(F)(F)C(F)(F)F)cc2)cc1. The lowest BCUT2D eigenvalue weighted by Gasteiger charge is -2.18. The van der Waals surface area contributed by atoms with Gasteiger partial charge < -0.3 is 14.6 Å². The molecule has 170 valence electrons. The topological polar surface area (TPSA) is 89.9 Å². The third kappa shape index (κ3) is 7.18. The Morgan fingerprint density at radius 3 is 1.91 bits per heavy atom. The maximum Gasteiger partial charge on any atom is 0.453 e. The van der Waals surface area contributed by atoms with Gasteiger partial charge in [-0.1, -0.05) is 12.1 Å². The summed E-state index contributed by atoms with van der Waals surface area (Å²) < 4.78 is 71.8. The van der Waals surface area contributed by atoms with Crippen LogP contribution in [0, 0.1) is 0 Å². The molecule has 0 bridgehead atoms. The lowest BCUT2D eigenvalue weighted by atomic mass is 10.2. The molecule has 0 heterocycles. The van der Waals surface area contributed by atoms with Gasteiger partial charge >= 0.3 is 30.0 Å². The van der Waals surface area contributed by atoms with Crippen LogP contribution in [0.5, 0.6) is 11.5 Å². The molecule has 2 rings (SSSR count). The second-order valence-electron chi connectivity index (χ2n) is 6.33. The van der Waals surface area contributed by atoms with Gasteiger partial charge in [-0.15, -0.1) is 0 Å². The number of carboxylic acid groups (broad SMARTS) is 1. The zero-order chi connectivity index (χ0) is 23.9. The number of alkyl halides is 5.